The molecule has 0 radical (unpaired) electrons. The van der Waals surface area contributed by atoms with Crippen LogP contribution in [0.4, 0.5) is 0 Å². The standard InChI is InChI=1S/C6H13NO2/c1-5(2)7-3-6(8)4-9-7/h5-6,8H,3-4H2,1-2H3/t6-/m1/s1. The minimum absolute atomic E-state index is 0.285. The molecule has 0 aliphatic carbocycles. The van der Waals surface area contributed by atoms with Gasteiger partial charge in [0, 0.05) is 6.04 Å². The molecular formula is C6H13NO2. The van der Waals surface area contributed by atoms with Crippen LogP contribution in [0, 0.1) is 0 Å². The molecule has 1 N–H and O–H groups in total. The van der Waals surface area contributed by atoms with Crippen LogP contribution < -0.4 is 0 Å². The summed E-state index contributed by atoms with van der Waals surface area (Å²) in [5.74, 6) is 0. The van der Waals surface area contributed by atoms with E-state index in [0.29, 0.717) is 19.2 Å². The van der Waals surface area contributed by atoms with Gasteiger partial charge < -0.3 is 5.11 Å². The number of aliphatic hydroxyl groups is 1. The van der Waals surface area contributed by atoms with Crippen LogP contribution in [-0.2, 0) is 4.84 Å². The average Bonchev–Trinajstić information content (AvgIpc) is 2.14. The van der Waals surface area contributed by atoms with Gasteiger partial charge in [0.05, 0.1) is 19.3 Å². The zero-order valence-electron chi connectivity index (χ0n) is 5.87. The van der Waals surface area contributed by atoms with Gasteiger partial charge in [0.25, 0.3) is 0 Å². The van der Waals surface area contributed by atoms with Gasteiger partial charge in [0.15, 0.2) is 0 Å². The first-order valence-electron chi connectivity index (χ1n) is 3.28. The summed E-state index contributed by atoms with van der Waals surface area (Å²) < 4.78 is 0. The minimum atomic E-state index is -0.285. The predicted octanol–water partition coefficient (Wildman–Crippen LogP) is 0.00290. The van der Waals surface area contributed by atoms with Crippen molar-refractivity contribution in [3.63, 3.8) is 0 Å². The van der Waals surface area contributed by atoms with E-state index in [1.165, 1.54) is 0 Å². The number of hydroxylamine groups is 2. The van der Waals surface area contributed by atoms with Crippen molar-refractivity contribution in [2.24, 2.45) is 0 Å². The number of β-amino-alcohol motifs (C(OH)–C–C–N with tert-alkyl or cyclic N) is 1. The third kappa shape index (κ3) is 1.64. The topological polar surface area (TPSA) is 32.7 Å². The van der Waals surface area contributed by atoms with Gasteiger partial charge in [-0.3, -0.25) is 4.84 Å². The Labute approximate surface area is 55.2 Å². The van der Waals surface area contributed by atoms with E-state index in [1.807, 2.05) is 13.8 Å². The summed E-state index contributed by atoms with van der Waals surface area (Å²) in [6.45, 7) is 5.19. The molecule has 0 amide bonds. The van der Waals surface area contributed by atoms with Gasteiger partial charge in [-0.2, -0.15) is 5.06 Å². The second kappa shape index (κ2) is 2.64. The van der Waals surface area contributed by atoms with Crippen LogP contribution in [0.25, 0.3) is 0 Å². The fourth-order valence-corrected chi connectivity index (χ4v) is 0.855. The van der Waals surface area contributed by atoms with Crippen molar-refractivity contribution in [3.05, 3.63) is 0 Å². The maximum atomic E-state index is 8.98. The molecule has 3 nitrogen and oxygen atoms in total. The molecule has 1 heterocycles. The molecule has 1 rings (SSSR count). The molecule has 54 valence electrons. The number of hydrogen-bond donors (Lipinski definition) is 1. The Morgan fingerprint density at radius 2 is 2.33 bits per heavy atom. The molecule has 1 atom stereocenters. The van der Waals surface area contributed by atoms with Crippen LogP contribution in [0.1, 0.15) is 13.8 Å². The van der Waals surface area contributed by atoms with Crippen molar-refractivity contribution >= 4 is 0 Å². The Morgan fingerprint density at radius 3 is 2.56 bits per heavy atom. The molecule has 0 aromatic heterocycles. The van der Waals surface area contributed by atoms with E-state index < -0.39 is 0 Å². The smallest absolute Gasteiger partial charge is 0.0958 e. The first-order chi connectivity index (χ1) is 4.20. The first kappa shape index (κ1) is 6.99. The minimum Gasteiger partial charge on any atom is -0.389 e. The van der Waals surface area contributed by atoms with Gasteiger partial charge in [-0.1, -0.05) is 0 Å². The summed E-state index contributed by atoms with van der Waals surface area (Å²) in [5.41, 5.74) is 0. The maximum absolute atomic E-state index is 8.98. The van der Waals surface area contributed by atoms with E-state index >= 15 is 0 Å². The van der Waals surface area contributed by atoms with E-state index in [9.17, 15) is 0 Å². The molecule has 0 unspecified atom stereocenters. The Balaban J connectivity index is 2.30. The van der Waals surface area contributed by atoms with E-state index in [2.05, 4.69) is 0 Å². The lowest BCUT2D eigenvalue weighted by Gasteiger charge is -2.16. The molecular weight excluding hydrogens is 118 g/mol. The molecule has 9 heavy (non-hydrogen) atoms. The lowest BCUT2D eigenvalue weighted by molar-refractivity contribution is -0.132. The Bertz CT molecular complexity index is 95.1. The maximum Gasteiger partial charge on any atom is 0.0958 e. The van der Waals surface area contributed by atoms with Gasteiger partial charge in [-0.25, -0.2) is 0 Å². The zero-order chi connectivity index (χ0) is 6.85. The quantitative estimate of drug-likeness (QED) is 0.544. The van der Waals surface area contributed by atoms with Crippen LogP contribution in [-0.4, -0.2) is 35.5 Å². The number of rotatable bonds is 1. The van der Waals surface area contributed by atoms with Crippen molar-refractivity contribution in [2.75, 3.05) is 13.2 Å². The van der Waals surface area contributed by atoms with Crippen molar-refractivity contribution < 1.29 is 9.94 Å². The highest BCUT2D eigenvalue weighted by molar-refractivity contribution is 4.66. The SMILES string of the molecule is CC(C)N1C[C@@H](O)CO1. The van der Waals surface area contributed by atoms with Gasteiger partial charge >= 0.3 is 0 Å². The second-order valence-electron chi connectivity index (χ2n) is 2.64. The molecule has 0 aromatic carbocycles. The number of hydrogen-bond acceptors (Lipinski definition) is 3. The Hall–Kier alpha value is -0.120. The Kier molecular flexibility index (Phi) is 2.05. The van der Waals surface area contributed by atoms with E-state index in [-0.39, 0.29) is 6.10 Å². The highest BCUT2D eigenvalue weighted by Crippen LogP contribution is 2.08. The predicted molar refractivity (Wildman–Crippen MR) is 33.8 cm³/mol. The number of nitrogens with zero attached hydrogens (tertiary/aromatic N) is 1. The lowest BCUT2D eigenvalue weighted by atomic mass is 10.3. The van der Waals surface area contributed by atoms with Crippen LogP contribution in [0.2, 0.25) is 0 Å². The molecule has 3 heteroatoms. The summed E-state index contributed by atoms with van der Waals surface area (Å²) in [5, 5.41) is 10.8. The fourth-order valence-electron chi connectivity index (χ4n) is 0.855. The molecule has 0 spiro atoms. The molecule has 1 fully saturated rings. The van der Waals surface area contributed by atoms with Crippen LogP contribution in [0.5, 0.6) is 0 Å². The highest BCUT2D eigenvalue weighted by Gasteiger charge is 2.22. The van der Waals surface area contributed by atoms with E-state index in [4.69, 9.17) is 9.94 Å². The third-order valence-corrected chi connectivity index (χ3v) is 1.40. The normalized spacial score (nSPS) is 30.0. The summed E-state index contributed by atoms with van der Waals surface area (Å²) in [4.78, 5) is 5.11. The van der Waals surface area contributed by atoms with Crippen molar-refractivity contribution in [1.29, 1.82) is 0 Å². The second-order valence-corrected chi connectivity index (χ2v) is 2.64. The van der Waals surface area contributed by atoms with Gasteiger partial charge in [0.2, 0.25) is 0 Å². The van der Waals surface area contributed by atoms with E-state index in [1.54, 1.807) is 5.06 Å². The molecule has 0 bridgehead atoms. The van der Waals surface area contributed by atoms with Gasteiger partial charge in [0.1, 0.15) is 0 Å². The summed E-state index contributed by atoms with van der Waals surface area (Å²) in [6, 6.07) is 0.377. The third-order valence-electron chi connectivity index (χ3n) is 1.40. The molecule has 1 saturated heterocycles. The molecule has 0 aromatic rings. The van der Waals surface area contributed by atoms with Gasteiger partial charge in [-0.05, 0) is 13.8 Å². The highest BCUT2D eigenvalue weighted by atomic mass is 16.7. The van der Waals surface area contributed by atoms with Gasteiger partial charge in [-0.15, -0.1) is 0 Å². The molecule has 1 aliphatic rings. The summed E-state index contributed by atoms with van der Waals surface area (Å²) in [6.07, 6.45) is -0.285. The largest absolute Gasteiger partial charge is 0.389 e. The lowest BCUT2D eigenvalue weighted by Crippen LogP contribution is -2.27. The fraction of sp³-hybridized carbons (Fsp3) is 1.00. The van der Waals surface area contributed by atoms with Crippen molar-refractivity contribution in [3.8, 4) is 0 Å². The molecule has 1 aliphatic heterocycles. The van der Waals surface area contributed by atoms with Crippen molar-refractivity contribution in [2.45, 2.75) is 26.0 Å². The van der Waals surface area contributed by atoms with Crippen LogP contribution >= 0.6 is 0 Å². The summed E-state index contributed by atoms with van der Waals surface area (Å²) >= 11 is 0. The zero-order valence-corrected chi connectivity index (χ0v) is 5.87. The van der Waals surface area contributed by atoms with Crippen molar-refractivity contribution in [1.82, 2.24) is 5.06 Å². The number of aliphatic hydroxyl groups excluding tert-OH is 1. The molecule has 0 saturated carbocycles. The summed E-state index contributed by atoms with van der Waals surface area (Å²) in [7, 11) is 0. The monoisotopic (exact) mass is 131 g/mol. The average molecular weight is 131 g/mol. The van der Waals surface area contributed by atoms with Crippen LogP contribution in [0.3, 0.4) is 0 Å². The first-order valence-corrected chi connectivity index (χ1v) is 3.28. The van der Waals surface area contributed by atoms with Crippen LogP contribution in [0.15, 0.2) is 0 Å². The van der Waals surface area contributed by atoms with E-state index in [0.717, 1.165) is 0 Å². The Morgan fingerprint density at radius 1 is 1.67 bits per heavy atom.